The SMILES string of the molecule is CNCc1ncoc1C1CC2CCC1C2. The third-order valence-electron chi connectivity index (χ3n) is 4.09. The predicted octanol–water partition coefficient (Wildman–Crippen LogP) is 2.30. The second-order valence-corrected chi connectivity index (χ2v) is 4.97. The Morgan fingerprint density at radius 3 is 3.07 bits per heavy atom. The number of hydrogen-bond donors (Lipinski definition) is 1. The van der Waals surface area contributed by atoms with Gasteiger partial charge in [-0.3, -0.25) is 0 Å². The first-order chi connectivity index (χ1) is 7.38. The van der Waals surface area contributed by atoms with Crippen LogP contribution in [0.5, 0.6) is 0 Å². The number of hydrogen-bond acceptors (Lipinski definition) is 3. The number of nitrogens with one attached hydrogen (secondary N) is 1. The second kappa shape index (κ2) is 3.63. The summed E-state index contributed by atoms with van der Waals surface area (Å²) in [5.41, 5.74) is 1.12. The normalized spacial score (nSPS) is 33.8. The van der Waals surface area contributed by atoms with Gasteiger partial charge in [-0.1, -0.05) is 6.42 Å². The molecule has 0 aliphatic heterocycles. The van der Waals surface area contributed by atoms with E-state index in [1.165, 1.54) is 25.7 Å². The van der Waals surface area contributed by atoms with Gasteiger partial charge < -0.3 is 9.73 Å². The van der Waals surface area contributed by atoms with Crippen LogP contribution < -0.4 is 5.32 Å². The Labute approximate surface area is 90.3 Å². The van der Waals surface area contributed by atoms with Crippen LogP contribution in [-0.4, -0.2) is 12.0 Å². The lowest BCUT2D eigenvalue weighted by Crippen LogP contribution is -2.13. The van der Waals surface area contributed by atoms with Crippen molar-refractivity contribution < 1.29 is 4.42 Å². The minimum Gasteiger partial charge on any atom is -0.448 e. The van der Waals surface area contributed by atoms with Gasteiger partial charge in [0, 0.05) is 12.5 Å². The zero-order valence-electron chi connectivity index (χ0n) is 9.20. The largest absolute Gasteiger partial charge is 0.448 e. The fourth-order valence-corrected chi connectivity index (χ4v) is 3.45. The van der Waals surface area contributed by atoms with Gasteiger partial charge in [-0.25, -0.2) is 4.98 Å². The van der Waals surface area contributed by atoms with Gasteiger partial charge in [0.1, 0.15) is 5.76 Å². The summed E-state index contributed by atoms with van der Waals surface area (Å²) >= 11 is 0. The van der Waals surface area contributed by atoms with Gasteiger partial charge in [0.25, 0.3) is 0 Å². The first-order valence-electron chi connectivity index (χ1n) is 5.95. The van der Waals surface area contributed by atoms with Crippen molar-refractivity contribution in [3.8, 4) is 0 Å². The van der Waals surface area contributed by atoms with Gasteiger partial charge in [-0.15, -0.1) is 0 Å². The molecule has 2 fully saturated rings. The van der Waals surface area contributed by atoms with Gasteiger partial charge >= 0.3 is 0 Å². The summed E-state index contributed by atoms with van der Waals surface area (Å²) in [6.07, 6.45) is 7.20. The highest BCUT2D eigenvalue weighted by atomic mass is 16.3. The van der Waals surface area contributed by atoms with E-state index >= 15 is 0 Å². The zero-order chi connectivity index (χ0) is 10.3. The third kappa shape index (κ3) is 1.49. The van der Waals surface area contributed by atoms with Crippen LogP contribution in [0.1, 0.15) is 43.1 Å². The van der Waals surface area contributed by atoms with Crippen LogP contribution >= 0.6 is 0 Å². The van der Waals surface area contributed by atoms with E-state index in [1.807, 2.05) is 7.05 Å². The Kier molecular flexibility index (Phi) is 2.28. The highest BCUT2D eigenvalue weighted by Gasteiger charge is 2.42. The molecular formula is C12H18N2O. The molecule has 2 saturated carbocycles. The highest BCUT2D eigenvalue weighted by molar-refractivity contribution is 5.17. The maximum absolute atomic E-state index is 5.60. The van der Waals surface area contributed by atoms with Gasteiger partial charge in [-0.2, -0.15) is 0 Å². The minimum atomic E-state index is 0.662. The Bertz CT molecular complexity index is 347. The van der Waals surface area contributed by atoms with Gasteiger partial charge in [0.2, 0.25) is 0 Å². The monoisotopic (exact) mass is 206 g/mol. The van der Waals surface area contributed by atoms with Crippen LogP contribution in [-0.2, 0) is 6.54 Å². The maximum Gasteiger partial charge on any atom is 0.181 e. The van der Waals surface area contributed by atoms with Crippen molar-refractivity contribution >= 4 is 0 Å². The van der Waals surface area contributed by atoms with E-state index in [1.54, 1.807) is 6.39 Å². The van der Waals surface area contributed by atoms with Crippen molar-refractivity contribution in [3.63, 3.8) is 0 Å². The molecule has 82 valence electrons. The van der Waals surface area contributed by atoms with Crippen molar-refractivity contribution in [1.82, 2.24) is 10.3 Å². The number of fused-ring (bicyclic) bond motifs is 2. The lowest BCUT2D eigenvalue weighted by molar-refractivity contribution is 0.352. The summed E-state index contributed by atoms with van der Waals surface area (Å²) in [6.45, 7) is 0.833. The Morgan fingerprint density at radius 1 is 1.47 bits per heavy atom. The smallest absolute Gasteiger partial charge is 0.181 e. The Hall–Kier alpha value is -0.830. The first-order valence-corrected chi connectivity index (χ1v) is 5.95. The molecule has 0 saturated heterocycles. The molecule has 0 aromatic carbocycles. The van der Waals surface area contributed by atoms with Crippen LogP contribution in [0.3, 0.4) is 0 Å². The number of oxazole rings is 1. The molecule has 1 aromatic heterocycles. The van der Waals surface area contributed by atoms with E-state index < -0.39 is 0 Å². The lowest BCUT2D eigenvalue weighted by Gasteiger charge is -2.20. The molecule has 1 aromatic rings. The summed E-state index contributed by atoms with van der Waals surface area (Å²) in [4.78, 5) is 4.30. The maximum atomic E-state index is 5.60. The van der Waals surface area contributed by atoms with Crippen LogP contribution in [0.4, 0.5) is 0 Å². The fraction of sp³-hybridized carbons (Fsp3) is 0.750. The van der Waals surface area contributed by atoms with E-state index in [-0.39, 0.29) is 0 Å². The Morgan fingerprint density at radius 2 is 2.40 bits per heavy atom. The van der Waals surface area contributed by atoms with E-state index in [9.17, 15) is 0 Å². The molecule has 3 atom stereocenters. The lowest BCUT2D eigenvalue weighted by atomic mass is 9.86. The summed E-state index contributed by atoms with van der Waals surface area (Å²) < 4.78 is 5.60. The second-order valence-electron chi connectivity index (χ2n) is 4.97. The van der Waals surface area contributed by atoms with Crippen molar-refractivity contribution in [2.75, 3.05) is 7.05 Å². The fourth-order valence-electron chi connectivity index (χ4n) is 3.45. The van der Waals surface area contributed by atoms with E-state index in [4.69, 9.17) is 4.42 Å². The molecule has 2 aliphatic carbocycles. The molecule has 3 rings (SSSR count). The summed E-state index contributed by atoms with van der Waals surface area (Å²) in [7, 11) is 1.96. The molecule has 2 aliphatic rings. The average molecular weight is 206 g/mol. The van der Waals surface area contributed by atoms with E-state index in [2.05, 4.69) is 10.3 Å². The number of nitrogens with zero attached hydrogens (tertiary/aromatic N) is 1. The molecule has 3 nitrogen and oxygen atoms in total. The molecule has 0 radical (unpaired) electrons. The van der Waals surface area contributed by atoms with Crippen molar-refractivity contribution in [2.24, 2.45) is 11.8 Å². The molecule has 15 heavy (non-hydrogen) atoms. The predicted molar refractivity (Wildman–Crippen MR) is 57.5 cm³/mol. The van der Waals surface area contributed by atoms with Gasteiger partial charge in [-0.05, 0) is 38.1 Å². The summed E-state index contributed by atoms with van der Waals surface area (Å²) in [5.74, 6) is 3.66. The van der Waals surface area contributed by atoms with E-state index in [0.29, 0.717) is 5.92 Å². The number of aromatic nitrogens is 1. The molecule has 1 N–H and O–H groups in total. The van der Waals surface area contributed by atoms with Crippen LogP contribution in [0.15, 0.2) is 10.8 Å². The molecule has 0 amide bonds. The summed E-state index contributed by atoms with van der Waals surface area (Å²) in [5, 5.41) is 3.16. The average Bonchev–Trinajstić information content (AvgIpc) is 2.91. The van der Waals surface area contributed by atoms with Gasteiger partial charge in [0.15, 0.2) is 6.39 Å². The molecule has 0 spiro atoms. The van der Waals surface area contributed by atoms with Crippen LogP contribution in [0.25, 0.3) is 0 Å². The first kappa shape index (κ1) is 9.40. The molecule has 3 unspecified atom stereocenters. The summed E-state index contributed by atoms with van der Waals surface area (Å²) in [6, 6.07) is 0. The highest BCUT2D eigenvalue weighted by Crippen LogP contribution is 2.53. The van der Waals surface area contributed by atoms with Crippen molar-refractivity contribution in [1.29, 1.82) is 0 Å². The number of rotatable bonds is 3. The topological polar surface area (TPSA) is 38.1 Å². The van der Waals surface area contributed by atoms with Crippen LogP contribution in [0.2, 0.25) is 0 Å². The third-order valence-corrected chi connectivity index (χ3v) is 4.09. The van der Waals surface area contributed by atoms with Crippen molar-refractivity contribution in [2.45, 2.75) is 38.1 Å². The molecule has 3 heteroatoms. The van der Waals surface area contributed by atoms with Crippen LogP contribution in [0, 0.1) is 11.8 Å². The van der Waals surface area contributed by atoms with Gasteiger partial charge in [0.05, 0.1) is 5.69 Å². The minimum absolute atomic E-state index is 0.662. The molecular weight excluding hydrogens is 188 g/mol. The molecule has 1 heterocycles. The standard InChI is InChI=1S/C12H18N2O/c1-13-6-11-12(15-7-14-11)10-5-8-2-3-9(10)4-8/h7-10,13H,2-6H2,1H3. The van der Waals surface area contributed by atoms with Crippen molar-refractivity contribution in [3.05, 3.63) is 17.8 Å². The quantitative estimate of drug-likeness (QED) is 0.824. The Balaban J connectivity index is 1.83. The van der Waals surface area contributed by atoms with E-state index in [0.717, 1.165) is 29.8 Å². The molecule has 2 bridgehead atoms. The zero-order valence-corrected chi connectivity index (χ0v) is 9.20.